The number of hydrazone groups is 1. The summed E-state index contributed by atoms with van der Waals surface area (Å²) in [6.07, 6.45) is 6.65. The van der Waals surface area contributed by atoms with E-state index in [1.165, 1.54) is 0 Å². The van der Waals surface area contributed by atoms with Crippen molar-refractivity contribution in [2.75, 3.05) is 16.9 Å². The second kappa shape index (κ2) is 8.76. The molecule has 5 N–H and O–H groups in total. The van der Waals surface area contributed by atoms with Gasteiger partial charge in [0.05, 0.1) is 6.20 Å². The lowest BCUT2D eigenvalue weighted by Crippen LogP contribution is -2.08. The van der Waals surface area contributed by atoms with Crippen LogP contribution in [0.15, 0.2) is 76.4 Å². The summed E-state index contributed by atoms with van der Waals surface area (Å²) in [6.45, 7) is 0. The molecule has 0 bridgehead atoms. The number of amidine groups is 1. The predicted octanol–water partition coefficient (Wildman–Crippen LogP) is 2.33. The first kappa shape index (κ1) is 17.6. The van der Waals surface area contributed by atoms with Crippen LogP contribution in [0.1, 0.15) is 11.1 Å². The van der Waals surface area contributed by atoms with Crippen molar-refractivity contribution in [2.45, 2.75) is 0 Å². The lowest BCUT2D eigenvalue weighted by Gasteiger charge is -2.02. The Morgan fingerprint density at radius 3 is 2.33 bits per heavy atom. The smallest absolute Gasteiger partial charge is 0.250 e. The van der Waals surface area contributed by atoms with Gasteiger partial charge in [0.2, 0.25) is 23.7 Å². The summed E-state index contributed by atoms with van der Waals surface area (Å²) in [5, 5.41) is 12.3. The van der Waals surface area contributed by atoms with E-state index in [1.54, 1.807) is 30.7 Å². The average Bonchev–Trinajstić information content (AvgIpc) is 2.68. The fraction of sp³-hybridized carbons (Fsp3) is 0. The molecule has 0 saturated heterocycles. The largest absolute Gasteiger partial charge is 0.368 e. The molecule has 0 spiro atoms. The van der Waals surface area contributed by atoms with Gasteiger partial charge in [-0.3, -0.25) is 4.98 Å². The van der Waals surface area contributed by atoms with Crippen molar-refractivity contribution in [1.82, 2.24) is 19.9 Å². The topological polar surface area (TPSA) is 153 Å². The molecule has 0 unspecified atom stereocenters. The zero-order valence-electron chi connectivity index (χ0n) is 14.1. The number of nitrogens with zero attached hydrogens (tertiary/aromatic N) is 7. The molecule has 3 aromatic rings. The lowest BCUT2D eigenvalue weighted by molar-refractivity contribution is 1.05. The summed E-state index contributed by atoms with van der Waals surface area (Å²) < 4.78 is 0. The molecular formula is C17H16N10. The van der Waals surface area contributed by atoms with E-state index in [9.17, 15) is 0 Å². The van der Waals surface area contributed by atoms with E-state index in [0.717, 1.165) is 5.56 Å². The van der Waals surface area contributed by atoms with Crippen LogP contribution in [-0.4, -0.2) is 25.8 Å². The Morgan fingerprint density at radius 2 is 1.63 bits per heavy atom. The Hall–Kier alpha value is -4.21. The highest BCUT2D eigenvalue weighted by molar-refractivity contribution is 5.99. The summed E-state index contributed by atoms with van der Waals surface area (Å²) in [4.78, 5) is 15.5. The van der Waals surface area contributed by atoms with E-state index in [0.29, 0.717) is 11.4 Å². The molecule has 2 aromatic heterocycles. The van der Waals surface area contributed by atoms with Gasteiger partial charge in [0.25, 0.3) is 0 Å². The van der Waals surface area contributed by atoms with Gasteiger partial charge in [-0.15, -0.1) is 5.11 Å². The Labute approximate surface area is 154 Å². The molecule has 134 valence electrons. The van der Waals surface area contributed by atoms with Gasteiger partial charge in [-0.05, 0) is 23.8 Å². The van der Waals surface area contributed by atoms with E-state index in [-0.39, 0.29) is 17.8 Å². The van der Waals surface area contributed by atoms with E-state index in [1.807, 2.05) is 36.4 Å². The van der Waals surface area contributed by atoms with Gasteiger partial charge in [-0.1, -0.05) is 30.3 Å². The number of aromatic nitrogens is 4. The highest BCUT2D eigenvalue weighted by Crippen LogP contribution is 2.07. The Balaban J connectivity index is 1.80. The fourth-order valence-electron chi connectivity index (χ4n) is 1.98. The molecule has 0 aliphatic rings. The molecule has 1 aromatic carbocycles. The zero-order chi connectivity index (χ0) is 18.9. The van der Waals surface area contributed by atoms with Crippen LogP contribution in [0.5, 0.6) is 0 Å². The molecule has 2 heterocycles. The van der Waals surface area contributed by atoms with Crippen molar-refractivity contribution in [3.8, 4) is 0 Å². The van der Waals surface area contributed by atoms with Crippen LogP contribution in [0, 0.1) is 0 Å². The molecular weight excluding hydrogens is 344 g/mol. The fourth-order valence-corrected chi connectivity index (χ4v) is 1.98. The third kappa shape index (κ3) is 5.39. The van der Waals surface area contributed by atoms with Gasteiger partial charge in [0.15, 0.2) is 0 Å². The quantitative estimate of drug-likeness (QED) is 0.273. The second-order valence-electron chi connectivity index (χ2n) is 5.10. The number of benzene rings is 1. The molecule has 0 fully saturated rings. The van der Waals surface area contributed by atoms with Crippen molar-refractivity contribution in [2.24, 2.45) is 15.3 Å². The van der Waals surface area contributed by atoms with Crippen LogP contribution in [0.25, 0.3) is 6.08 Å². The number of nitrogen functional groups attached to an aromatic ring is 2. The van der Waals surface area contributed by atoms with Gasteiger partial charge in [0.1, 0.15) is 0 Å². The van der Waals surface area contributed by atoms with Gasteiger partial charge in [-0.25, -0.2) is 5.43 Å². The monoisotopic (exact) mass is 360 g/mol. The molecule has 0 aliphatic heterocycles. The molecule has 0 saturated carbocycles. The zero-order valence-corrected chi connectivity index (χ0v) is 14.1. The normalized spacial score (nSPS) is 11.9. The third-order valence-electron chi connectivity index (χ3n) is 3.16. The van der Waals surface area contributed by atoms with Gasteiger partial charge < -0.3 is 11.5 Å². The molecule has 3 rings (SSSR count). The highest BCUT2D eigenvalue weighted by Gasteiger charge is 2.04. The van der Waals surface area contributed by atoms with Crippen LogP contribution in [0.4, 0.5) is 17.8 Å². The molecule has 0 aliphatic carbocycles. The van der Waals surface area contributed by atoms with E-state index in [2.05, 4.69) is 40.7 Å². The number of nitrogens with two attached hydrogens (primary N) is 2. The predicted molar refractivity (Wildman–Crippen MR) is 103 cm³/mol. The number of nitrogens with one attached hydrogen (secondary N) is 1. The minimum Gasteiger partial charge on any atom is -0.368 e. The number of azo groups is 1. The van der Waals surface area contributed by atoms with Crippen molar-refractivity contribution >= 4 is 29.8 Å². The maximum Gasteiger partial charge on any atom is 0.250 e. The van der Waals surface area contributed by atoms with E-state index >= 15 is 0 Å². The van der Waals surface area contributed by atoms with Crippen LogP contribution in [-0.2, 0) is 0 Å². The summed E-state index contributed by atoms with van der Waals surface area (Å²) in [6, 6.07) is 13.2. The van der Waals surface area contributed by atoms with Crippen LogP contribution in [0.2, 0.25) is 0 Å². The Kier molecular flexibility index (Phi) is 5.71. The summed E-state index contributed by atoms with van der Waals surface area (Å²) in [5.74, 6) is 0.366. The van der Waals surface area contributed by atoms with Crippen LogP contribution >= 0.6 is 0 Å². The molecule has 0 amide bonds. The maximum absolute atomic E-state index is 5.54. The number of hydrogen-bond acceptors (Lipinski definition) is 9. The average molecular weight is 360 g/mol. The number of hydrogen-bond donors (Lipinski definition) is 3. The van der Waals surface area contributed by atoms with E-state index in [4.69, 9.17) is 11.5 Å². The van der Waals surface area contributed by atoms with Crippen molar-refractivity contribution in [3.05, 3.63) is 72.2 Å². The summed E-state index contributed by atoms with van der Waals surface area (Å²) >= 11 is 0. The molecule has 0 atom stereocenters. The molecule has 27 heavy (non-hydrogen) atoms. The standard InChI is InChI=1S/C17H16N10/c18-15-22-16(19)24-17(23-15)27-26-14(13-7-9-20-10-8-13)25-21-11-6-12-4-2-1-3-5-12/h1-11H,(H5,18,19,22,23,24,27)/b11-6+,25-21+,26-14-. The molecule has 10 heteroatoms. The second-order valence-corrected chi connectivity index (χ2v) is 5.10. The number of pyridine rings is 1. The van der Waals surface area contributed by atoms with E-state index < -0.39 is 0 Å². The number of rotatable bonds is 5. The summed E-state index contributed by atoms with van der Waals surface area (Å²) in [7, 11) is 0. The van der Waals surface area contributed by atoms with Crippen molar-refractivity contribution in [1.29, 1.82) is 0 Å². The van der Waals surface area contributed by atoms with Gasteiger partial charge in [-0.2, -0.15) is 25.2 Å². The first-order valence-corrected chi connectivity index (χ1v) is 7.84. The maximum atomic E-state index is 5.54. The SMILES string of the molecule is Nc1nc(N)nc(N\N=C(/N=N/C=C/c2ccccc2)c2ccncc2)n1. The van der Waals surface area contributed by atoms with Crippen molar-refractivity contribution in [3.63, 3.8) is 0 Å². The summed E-state index contributed by atoms with van der Waals surface area (Å²) in [5.41, 5.74) is 15.4. The Bertz CT molecular complexity index is 947. The highest BCUT2D eigenvalue weighted by atomic mass is 15.4. The molecule has 0 radical (unpaired) electrons. The van der Waals surface area contributed by atoms with Crippen LogP contribution < -0.4 is 16.9 Å². The minimum atomic E-state index is -0.0157. The van der Waals surface area contributed by atoms with Gasteiger partial charge in [0, 0.05) is 18.0 Å². The minimum absolute atomic E-state index is 0.0157. The molecule has 10 nitrogen and oxygen atoms in total. The lowest BCUT2D eigenvalue weighted by atomic mass is 10.2. The van der Waals surface area contributed by atoms with Crippen LogP contribution in [0.3, 0.4) is 0 Å². The third-order valence-corrected chi connectivity index (χ3v) is 3.16. The first-order valence-electron chi connectivity index (χ1n) is 7.84. The Morgan fingerprint density at radius 1 is 0.926 bits per heavy atom. The van der Waals surface area contributed by atoms with Crippen molar-refractivity contribution < 1.29 is 0 Å². The first-order chi connectivity index (χ1) is 13.2. The van der Waals surface area contributed by atoms with Gasteiger partial charge >= 0.3 is 0 Å². The number of anilines is 3.